The molecule has 2 N–H and O–H groups in total. The topological polar surface area (TPSA) is 88.9 Å². The average molecular weight is 490 g/mol. The number of benzene rings is 2. The number of anilines is 1. The maximum Gasteiger partial charge on any atom is 0.251 e. The molecule has 1 atom stereocenters. The Morgan fingerprint density at radius 2 is 1.88 bits per heavy atom. The zero-order valence-corrected chi connectivity index (χ0v) is 19.5. The van der Waals surface area contributed by atoms with Gasteiger partial charge in [-0.2, -0.15) is 0 Å². The first-order chi connectivity index (χ1) is 15.4. The Hall–Kier alpha value is -2.81. The van der Waals surface area contributed by atoms with Crippen molar-refractivity contribution in [3.63, 3.8) is 0 Å². The predicted molar refractivity (Wildman–Crippen MR) is 128 cm³/mol. The van der Waals surface area contributed by atoms with Gasteiger partial charge in [-0.15, -0.1) is 16.8 Å². The molecule has 166 valence electrons. The molecule has 1 aromatic heterocycles. The molecule has 0 saturated heterocycles. The van der Waals surface area contributed by atoms with Crippen LogP contribution >= 0.6 is 35.0 Å². The summed E-state index contributed by atoms with van der Waals surface area (Å²) in [7, 11) is 0. The van der Waals surface area contributed by atoms with Crippen molar-refractivity contribution in [2.75, 3.05) is 11.1 Å². The molecule has 2 aromatic carbocycles. The summed E-state index contributed by atoms with van der Waals surface area (Å²) in [5, 5.41) is 15.7. The van der Waals surface area contributed by atoms with Crippen molar-refractivity contribution in [2.24, 2.45) is 0 Å². The van der Waals surface area contributed by atoms with Crippen molar-refractivity contribution in [1.82, 2.24) is 20.1 Å². The molecule has 0 aliphatic rings. The number of thioether (sulfide) groups is 1. The van der Waals surface area contributed by atoms with E-state index in [2.05, 4.69) is 27.4 Å². The van der Waals surface area contributed by atoms with Crippen molar-refractivity contribution >= 4 is 52.5 Å². The Kier molecular flexibility index (Phi) is 8.33. The average Bonchev–Trinajstić information content (AvgIpc) is 3.15. The molecule has 7 nitrogen and oxygen atoms in total. The van der Waals surface area contributed by atoms with Crippen LogP contribution in [-0.4, -0.2) is 32.3 Å². The quantitative estimate of drug-likeness (QED) is 0.326. The largest absolute Gasteiger partial charge is 0.342 e. The number of allylic oxidation sites excluding steroid dienone is 1. The molecule has 0 aliphatic heterocycles. The van der Waals surface area contributed by atoms with Gasteiger partial charge in [0.15, 0.2) is 11.0 Å². The molecular weight excluding hydrogens is 469 g/mol. The lowest BCUT2D eigenvalue weighted by Crippen LogP contribution is -2.28. The van der Waals surface area contributed by atoms with Crippen molar-refractivity contribution in [1.29, 1.82) is 0 Å². The van der Waals surface area contributed by atoms with Crippen LogP contribution in [0.15, 0.2) is 66.3 Å². The SMILES string of the molecule is C=CCn1c(SCC(=O)Nc2cccc(Cl)c2)nnc1C(C)NC(=O)c1cccc(Cl)c1. The van der Waals surface area contributed by atoms with Gasteiger partial charge in [0.05, 0.1) is 11.8 Å². The number of aromatic nitrogens is 3. The summed E-state index contributed by atoms with van der Waals surface area (Å²) < 4.78 is 1.81. The van der Waals surface area contributed by atoms with E-state index in [9.17, 15) is 9.59 Å². The van der Waals surface area contributed by atoms with E-state index in [-0.39, 0.29) is 17.6 Å². The summed E-state index contributed by atoms with van der Waals surface area (Å²) in [6.07, 6.45) is 1.70. The van der Waals surface area contributed by atoms with Crippen LogP contribution < -0.4 is 10.6 Å². The number of rotatable bonds is 9. The number of hydrogen-bond acceptors (Lipinski definition) is 5. The van der Waals surface area contributed by atoms with Crippen molar-refractivity contribution in [2.45, 2.75) is 24.7 Å². The second-order valence-corrected chi connectivity index (χ2v) is 8.61. The first kappa shape index (κ1) is 23.8. The maximum absolute atomic E-state index is 12.6. The molecule has 3 rings (SSSR count). The summed E-state index contributed by atoms with van der Waals surface area (Å²) >= 11 is 13.2. The Bertz CT molecular complexity index is 1140. The fourth-order valence-corrected chi connectivity index (χ4v) is 4.03. The van der Waals surface area contributed by atoms with Gasteiger partial charge in [0.25, 0.3) is 5.91 Å². The van der Waals surface area contributed by atoms with Crippen LogP contribution in [-0.2, 0) is 11.3 Å². The van der Waals surface area contributed by atoms with Crippen LogP contribution in [0.25, 0.3) is 0 Å². The number of nitrogens with zero attached hydrogens (tertiary/aromatic N) is 3. The Balaban J connectivity index is 1.66. The summed E-state index contributed by atoms with van der Waals surface area (Å²) in [5.74, 6) is 0.209. The third-order valence-electron chi connectivity index (χ3n) is 4.32. The van der Waals surface area contributed by atoms with Crippen LogP contribution in [0.1, 0.15) is 29.1 Å². The highest BCUT2D eigenvalue weighted by Gasteiger charge is 2.20. The second-order valence-electron chi connectivity index (χ2n) is 6.79. The molecule has 0 radical (unpaired) electrons. The molecule has 10 heteroatoms. The molecule has 3 aromatic rings. The van der Waals surface area contributed by atoms with Gasteiger partial charge in [-0.3, -0.25) is 9.59 Å². The van der Waals surface area contributed by atoms with Gasteiger partial charge >= 0.3 is 0 Å². The second kappa shape index (κ2) is 11.2. The Morgan fingerprint density at radius 1 is 1.16 bits per heavy atom. The smallest absolute Gasteiger partial charge is 0.251 e. The van der Waals surface area contributed by atoms with E-state index in [0.29, 0.717) is 38.8 Å². The zero-order valence-electron chi connectivity index (χ0n) is 17.2. The van der Waals surface area contributed by atoms with Crippen LogP contribution in [0, 0.1) is 0 Å². The van der Waals surface area contributed by atoms with Gasteiger partial charge < -0.3 is 15.2 Å². The lowest BCUT2D eigenvalue weighted by molar-refractivity contribution is -0.113. The minimum Gasteiger partial charge on any atom is -0.342 e. The molecule has 0 saturated carbocycles. The van der Waals surface area contributed by atoms with Crippen LogP contribution in [0.2, 0.25) is 10.0 Å². The molecule has 0 aliphatic carbocycles. The van der Waals surface area contributed by atoms with Gasteiger partial charge in [-0.05, 0) is 43.3 Å². The van der Waals surface area contributed by atoms with E-state index in [1.165, 1.54) is 11.8 Å². The zero-order chi connectivity index (χ0) is 23.1. The van der Waals surface area contributed by atoms with Crippen LogP contribution in [0.5, 0.6) is 0 Å². The number of carbonyl (C=O) groups is 2. The Morgan fingerprint density at radius 3 is 2.56 bits per heavy atom. The van der Waals surface area contributed by atoms with E-state index in [4.69, 9.17) is 23.2 Å². The predicted octanol–water partition coefficient (Wildman–Crippen LogP) is 4.99. The fourth-order valence-electron chi connectivity index (χ4n) is 2.90. The highest BCUT2D eigenvalue weighted by atomic mass is 35.5. The molecule has 32 heavy (non-hydrogen) atoms. The minimum absolute atomic E-state index is 0.130. The van der Waals surface area contributed by atoms with E-state index >= 15 is 0 Å². The van der Waals surface area contributed by atoms with Crippen LogP contribution in [0.3, 0.4) is 0 Å². The number of carbonyl (C=O) groups excluding carboxylic acids is 2. The van der Waals surface area contributed by atoms with Gasteiger partial charge in [0.1, 0.15) is 0 Å². The molecule has 0 spiro atoms. The Labute approximate surface area is 200 Å². The number of amides is 2. The van der Waals surface area contributed by atoms with E-state index in [0.717, 1.165) is 0 Å². The van der Waals surface area contributed by atoms with Crippen molar-refractivity contribution in [3.8, 4) is 0 Å². The summed E-state index contributed by atoms with van der Waals surface area (Å²) in [6.45, 7) is 6.02. The standard InChI is InChI=1S/C22H21Cl2N5O2S/c1-3-10-29-20(14(2)25-21(31)15-6-4-7-16(23)11-15)27-28-22(29)32-13-19(30)26-18-9-5-8-17(24)12-18/h3-9,11-12,14H,1,10,13H2,2H3,(H,25,31)(H,26,30). The summed E-state index contributed by atoms with van der Waals surface area (Å²) in [6, 6.07) is 13.2. The number of hydrogen-bond donors (Lipinski definition) is 2. The van der Waals surface area contributed by atoms with Gasteiger partial charge in [-0.25, -0.2) is 0 Å². The lowest BCUT2D eigenvalue weighted by atomic mass is 10.2. The van der Waals surface area contributed by atoms with Crippen LogP contribution in [0.4, 0.5) is 5.69 Å². The third-order valence-corrected chi connectivity index (χ3v) is 5.76. The summed E-state index contributed by atoms with van der Waals surface area (Å²) in [5.41, 5.74) is 1.07. The molecule has 2 amide bonds. The molecular formula is C22H21Cl2N5O2S. The lowest BCUT2D eigenvalue weighted by Gasteiger charge is -2.15. The normalized spacial score (nSPS) is 11.6. The minimum atomic E-state index is -0.427. The molecule has 1 unspecified atom stereocenters. The van der Waals surface area contributed by atoms with Gasteiger partial charge in [-0.1, -0.05) is 53.2 Å². The monoisotopic (exact) mass is 489 g/mol. The van der Waals surface area contributed by atoms with E-state index < -0.39 is 6.04 Å². The highest BCUT2D eigenvalue weighted by Crippen LogP contribution is 2.22. The number of halogens is 2. The highest BCUT2D eigenvalue weighted by molar-refractivity contribution is 7.99. The summed E-state index contributed by atoms with van der Waals surface area (Å²) in [4.78, 5) is 24.9. The molecule has 1 heterocycles. The molecule has 0 fully saturated rings. The van der Waals surface area contributed by atoms with E-state index in [1.54, 1.807) is 54.6 Å². The van der Waals surface area contributed by atoms with E-state index in [1.807, 2.05) is 11.5 Å². The van der Waals surface area contributed by atoms with Gasteiger partial charge in [0.2, 0.25) is 5.91 Å². The first-order valence-electron chi connectivity index (χ1n) is 9.66. The van der Waals surface area contributed by atoms with Crippen molar-refractivity contribution in [3.05, 3.63) is 82.6 Å². The third kappa shape index (κ3) is 6.35. The molecule has 0 bridgehead atoms. The van der Waals surface area contributed by atoms with Crippen molar-refractivity contribution < 1.29 is 9.59 Å². The van der Waals surface area contributed by atoms with Gasteiger partial charge in [0, 0.05) is 27.8 Å². The first-order valence-corrected chi connectivity index (χ1v) is 11.4. The number of nitrogens with one attached hydrogen (secondary N) is 2. The fraction of sp³-hybridized carbons (Fsp3) is 0.182. The maximum atomic E-state index is 12.6.